The van der Waals surface area contributed by atoms with Crippen molar-refractivity contribution in [1.82, 2.24) is 10.2 Å². The second-order valence-electron chi connectivity index (χ2n) is 5.45. The average Bonchev–Trinajstić information content (AvgIpc) is 2.33. The van der Waals surface area contributed by atoms with Crippen molar-refractivity contribution in [1.29, 1.82) is 0 Å². The van der Waals surface area contributed by atoms with Crippen LogP contribution in [0.4, 0.5) is 0 Å². The number of methoxy groups -OCH3 is 1. The summed E-state index contributed by atoms with van der Waals surface area (Å²) in [6.07, 6.45) is 6.61. The van der Waals surface area contributed by atoms with Gasteiger partial charge in [-0.15, -0.1) is 0 Å². The van der Waals surface area contributed by atoms with Crippen LogP contribution in [-0.2, 0) is 4.74 Å². The minimum absolute atomic E-state index is 0.604. The first-order valence-electron chi connectivity index (χ1n) is 7.20. The van der Waals surface area contributed by atoms with E-state index in [1.165, 1.54) is 45.2 Å². The van der Waals surface area contributed by atoms with Crippen molar-refractivity contribution in [3.05, 3.63) is 0 Å². The highest BCUT2D eigenvalue weighted by Crippen LogP contribution is 2.17. The molecule has 3 nitrogen and oxygen atoms in total. The van der Waals surface area contributed by atoms with E-state index in [0.29, 0.717) is 6.04 Å². The van der Waals surface area contributed by atoms with Crippen molar-refractivity contribution in [3.8, 4) is 0 Å². The molecule has 0 aromatic rings. The Kier molecular flexibility index (Phi) is 7.82. The standard InChI is InChI=1S/C14H30N2O/c1-13(2)15-12-14-8-4-5-9-16(14)10-6-7-11-17-3/h13-15H,4-12H2,1-3H3. The molecule has 0 aliphatic carbocycles. The monoisotopic (exact) mass is 242 g/mol. The summed E-state index contributed by atoms with van der Waals surface area (Å²) in [5.41, 5.74) is 0. The maximum atomic E-state index is 5.11. The Morgan fingerprint density at radius 1 is 1.29 bits per heavy atom. The van der Waals surface area contributed by atoms with Crippen LogP contribution in [0, 0.1) is 0 Å². The van der Waals surface area contributed by atoms with E-state index in [4.69, 9.17) is 4.74 Å². The fourth-order valence-corrected chi connectivity index (χ4v) is 2.52. The van der Waals surface area contributed by atoms with Crippen LogP contribution in [0.5, 0.6) is 0 Å². The summed E-state index contributed by atoms with van der Waals surface area (Å²) in [4.78, 5) is 2.68. The SMILES string of the molecule is COCCCCN1CCCCC1CNC(C)C. The van der Waals surface area contributed by atoms with Crippen LogP contribution in [0.1, 0.15) is 46.0 Å². The normalized spacial score (nSPS) is 22.2. The van der Waals surface area contributed by atoms with E-state index in [0.717, 1.165) is 19.2 Å². The molecule has 1 atom stereocenters. The predicted molar refractivity (Wildman–Crippen MR) is 73.5 cm³/mol. The first kappa shape index (κ1) is 14.9. The van der Waals surface area contributed by atoms with Gasteiger partial charge in [-0.3, -0.25) is 4.90 Å². The lowest BCUT2D eigenvalue weighted by molar-refractivity contribution is 0.132. The number of hydrogen-bond acceptors (Lipinski definition) is 3. The van der Waals surface area contributed by atoms with Crippen LogP contribution >= 0.6 is 0 Å². The highest BCUT2D eigenvalue weighted by atomic mass is 16.5. The number of likely N-dealkylation sites (tertiary alicyclic amines) is 1. The smallest absolute Gasteiger partial charge is 0.0462 e. The molecule has 0 radical (unpaired) electrons. The van der Waals surface area contributed by atoms with Crippen molar-refractivity contribution in [2.75, 3.05) is 33.4 Å². The van der Waals surface area contributed by atoms with Crippen LogP contribution in [0.25, 0.3) is 0 Å². The van der Waals surface area contributed by atoms with E-state index >= 15 is 0 Å². The molecule has 1 N–H and O–H groups in total. The molecule has 0 bridgehead atoms. The van der Waals surface area contributed by atoms with Gasteiger partial charge in [0.15, 0.2) is 0 Å². The quantitative estimate of drug-likeness (QED) is 0.661. The Morgan fingerprint density at radius 2 is 2.12 bits per heavy atom. The fourth-order valence-electron chi connectivity index (χ4n) is 2.52. The first-order valence-corrected chi connectivity index (χ1v) is 7.20. The molecule has 0 aromatic heterocycles. The Balaban J connectivity index is 2.22. The Morgan fingerprint density at radius 3 is 2.82 bits per heavy atom. The molecule has 1 fully saturated rings. The summed E-state index contributed by atoms with van der Waals surface area (Å²) in [6.45, 7) is 9.05. The maximum absolute atomic E-state index is 5.11. The van der Waals surface area contributed by atoms with Gasteiger partial charge in [-0.25, -0.2) is 0 Å². The van der Waals surface area contributed by atoms with Gasteiger partial charge in [-0.05, 0) is 38.8 Å². The molecular formula is C14H30N2O. The van der Waals surface area contributed by atoms with Crippen LogP contribution in [0.15, 0.2) is 0 Å². The van der Waals surface area contributed by atoms with Gasteiger partial charge >= 0.3 is 0 Å². The van der Waals surface area contributed by atoms with Gasteiger partial charge in [0, 0.05) is 32.3 Å². The number of rotatable bonds is 8. The predicted octanol–water partition coefficient (Wildman–Crippen LogP) is 2.27. The number of hydrogen-bond donors (Lipinski definition) is 1. The lowest BCUT2D eigenvalue weighted by Crippen LogP contribution is -2.47. The van der Waals surface area contributed by atoms with Gasteiger partial charge in [0.2, 0.25) is 0 Å². The van der Waals surface area contributed by atoms with Crippen molar-refractivity contribution in [3.63, 3.8) is 0 Å². The number of nitrogens with zero attached hydrogens (tertiary/aromatic N) is 1. The zero-order valence-corrected chi connectivity index (χ0v) is 11.9. The minimum atomic E-state index is 0.604. The zero-order chi connectivity index (χ0) is 12.5. The van der Waals surface area contributed by atoms with Crippen molar-refractivity contribution >= 4 is 0 Å². The number of ether oxygens (including phenoxy) is 1. The van der Waals surface area contributed by atoms with E-state index in [1.807, 2.05) is 0 Å². The lowest BCUT2D eigenvalue weighted by Gasteiger charge is -2.36. The molecule has 102 valence electrons. The summed E-state index contributed by atoms with van der Waals surface area (Å²) in [5.74, 6) is 0. The first-order chi connectivity index (χ1) is 8.24. The van der Waals surface area contributed by atoms with E-state index in [2.05, 4.69) is 24.1 Å². The molecule has 3 heteroatoms. The number of piperidine rings is 1. The molecule has 1 heterocycles. The second kappa shape index (κ2) is 8.90. The largest absolute Gasteiger partial charge is 0.385 e. The maximum Gasteiger partial charge on any atom is 0.0462 e. The summed E-state index contributed by atoms with van der Waals surface area (Å²) < 4.78 is 5.11. The number of unbranched alkanes of at least 4 members (excludes halogenated alkanes) is 1. The van der Waals surface area contributed by atoms with Crippen LogP contribution in [-0.4, -0.2) is 50.3 Å². The average molecular weight is 242 g/mol. The Bertz CT molecular complexity index is 185. The molecule has 0 amide bonds. The molecular weight excluding hydrogens is 212 g/mol. The third-order valence-corrected chi connectivity index (χ3v) is 3.55. The molecule has 1 rings (SSSR count). The number of nitrogens with one attached hydrogen (secondary N) is 1. The summed E-state index contributed by atoms with van der Waals surface area (Å²) in [6, 6.07) is 1.36. The molecule has 17 heavy (non-hydrogen) atoms. The van der Waals surface area contributed by atoms with Gasteiger partial charge in [0.1, 0.15) is 0 Å². The van der Waals surface area contributed by atoms with Gasteiger partial charge < -0.3 is 10.1 Å². The molecule has 0 saturated carbocycles. The minimum Gasteiger partial charge on any atom is -0.385 e. The van der Waals surface area contributed by atoms with E-state index in [-0.39, 0.29) is 0 Å². The Hall–Kier alpha value is -0.120. The highest BCUT2D eigenvalue weighted by Gasteiger charge is 2.21. The van der Waals surface area contributed by atoms with Crippen LogP contribution < -0.4 is 5.32 Å². The Labute approximate surface area is 107 Å². The van der Waals surface area contributed by atoms with Gasteiger partial charge in [-0.1, -0.05) is 20.3 Å². The van der Waals surface area contributed by atoms with Crippen LogP contribution in [0.2, 0.25) is 0 Å². The van der Waals surface area contributed by atoms with E-state index in [1.54, 1.807) is 7.11 Å². The molecule has 0 aromatic carbocycles. The zero-order valence-electron chi connectivity index (χ0n) is 11.9. The second-order valence-corrected chi connectivity index (χ2v) is 5.45. The third-order valence-electron chi connectivity index (χ3n) is 3.55. The molecule has 1 aliphatic rings. The van der Waals surface area contributed by atoms with Gasteiger partial charge in [0.25, 0.3) is 0 Å². The topological polar surface area (TPSA) is 24.5 Å². The molecule has 1 saturated heterocycles. The fraction of sp³-hybridized carbons (Fsp3) is 1.00. The van der Waals surface area contributed by atoms with Gasteiger partial charge in [0.05, 0.1) is 0 Å². The third kappa shape index (κ3) is 6.39. The molecule has 1 aliphatic heterocycles. The van der Waals surface area contributed by atoms with E-state index in [9.17, 15) is 0 Å². The van der Waals surface area contributed by atoms with Crippen molar-refractivity contribution in [2.45, 2.75) is 58.0 Å². The lowest BCUT2D eigenvalue weighted by atomic mass is 10.0. The summed E-state index contributed by atoms with van der Waals surface area (Å²) in [5, 5.41) is 3.58. The van der Waals surface area contributed by atoms with Gasteiger partial charge in [-0.2, -0.15) is 0 Å². The van der Waals surface area contributed by atoms with E-state index < -0.39 is 0 Å². The van der Waals surface area contributed by atoms with Crippen molar-refractivity contribution in [2.24, 2.45) is 0 Å². The van der Waals surface area contributed by atoms with Crippen LogP contribution in [0.3, 0.4) is 0 Å². The summed E-state index contributed by atoms with van der Waals surface area (Å²) in [7, 11) is 1.79. The molecule has 0 spiro atoms. The highest BCUT2D eigenvalue weighted by molar-refractivity contribution is 4.79. The summed E-state index contributed by atoms with van der Waals surface area (Å²) >= 11 is 0. The van der Waals surface area contributed by atoms with Crippen molar-refractivity contribution < 1.29 is 4.74 Å². The molecule has 1 unspecified atom stereocenters.